The van der Waals surface area contributed by atoms with Gasteiger partial charge in [-0.15, -0.1) is 0 Å². The summed E-state index contributed by atoms with van der Waals surface area (Å²) in [6.07, 6.45) is 0. The van der Waals surface area contributed by atoms with Crippen LogP contribution in [-0.2, 0) is 14.3 Å². The van der Waals surface area contributed by atoms with Gasteiger partial charge in [0.05, 0.1) is 7.11 Å². The number of cyclic esters (lactones) is 1. The minimum atomic E-state index is -0.962. The first-order chi connectivity index (χ1) is 4.99. The summed E-state index contributed by atoms with van der Waals surface area (Å²) in [6.45, 7) is 3.13. The van der Waals surface area contributed by atoms with Gasteiger partial charge in [0.25, 0.3) is 0 Å². The van der Waals surface area contributed by atoms with Crippen molar-refractivity contribution in [3.05, 3.63) is 11.6 Å². The SMILES string of the molecule is COC1=C(F)C(=O)OC1(C)C. The van der Waals surface area contributed by atoms with E-state index in [9.17, 15) is 9.18 Å². The van der Waals surface area contributed by atoms with Crippen LogP contribution in [0.4, 0.5) is 4.39 Å². The van der Waals surface area contributed by atoms with Gasteiger partial charge in [-0.3, -0.25) is 0 Å². The van der Waals surface area contributed by atoms with Crippen LogP contribution in [0, 0.1) is 0 Å². The van der Waals surface area contributed by atoms with E-state index in [1.807, 2.05) is 0 Å². The molecule has 0 saturated heterocycles. The summed E-state index contributed by atoms with van der Waals surface area (Å²) in [5.41, 5.74) is -0.962. The van der Waals surface area contributed by atoms with Gasteiger partial charge in [-0.1, -0.05) is 0 Å². The normalized spacial score (nSPS) is 22.0. The first-order valence-electron chi connectivity index (χ1n) is 3.16. The number of halogens is 1. The number of methoxy groups -OCH3 is 1. The van der Waals surface area contributed by atoms with E-state index < -0.39 is 17.4 Å². The Balaban J connectivity index is 3.06. The lowest BCUT2D eigenvalue weighted by atomic mass is 10.1. The van der Waals surface area contributed by atoms with Crippen LogP contribution in [0.5, 0.6) is 0 Å². The van der Waals surface area contributed by atoms with Crippen molar-refractivity contribution in [1.29, 1.82) is 0 Å². The Labute approximate surface area is 63.8 Å². The third-order valence-corrected chi connectivity index (χ3v) is 1.48. The highest BCUT2D eigenvalue weighted by Gasteiger charge is 2.42. The van der Waals surface area contributed by atoms with Gasteiger partial charge >= 0.3 is 5.97 Å². The van der Waals surface area contributed by atoms with Gasteiger partial charge in [-0.2, -0.15) is 4.39 Å². The zero-order valence-corrected chi connectivity index (χ0v) is 6.60. The molecule has 0 spiro atoms. The molecule has 3 nitrogen and oxygen atoms in total. The molecule has 0 N–H and O–H groups in total. The van der Waals surface area contributed by atoms with Crippen molar-refractivity contribution in [3.63, 3.8) is 0 Å². The molecule has 0 unspecified atom stereocenters. The van der Waals surface area contributed by atoms with Gasteiger partial charge in [0.1, 0.15) is 0 Å². The van der Waals surface area contributed by atoms with E-state index in [-0.39, 0.29) is 5.76 Å². The largest absolute Gasteiger partial charge is 0.494 e. The van der Waals surface area contributed by atoms with E-state index in [0.717, 1.165) is 0 Å². The maximum atomic E-state index is 12.8. The lowest BCUT2D eigenvalue weighted by molar-refractivity contribution is -0.146. The maximum Gasteiger partial charge on any atom is 0.371 e. The summed E-state index contributed by atoms with van der Waals surface area (Å²) >= 11 is 0. The Morgan fingerprint density at radius 3 is 2.27 bits per heavy atom. The van der Waals surface area contributed by atoms with Crippen molar-refractivity contribution >= 4 is 5.97 Å². The molecular formula is C7H9FO3. The van der Waals surface area contributed by atoms with Crippen LogP contribution >= 0.6 is 0 Å². The average molecular weight is 160 g/mol. The summed E-state index contributed by atoms with van der Waals surface area (Å²) < 4.78 is 22.1. The molecule has 0 atom stereocenters. The van der Waals surface area contributed by atoms with Crippen molar-refractivity contribution in [2.45, 2.75) is 19.4 Å². The quantitative estimate of drug-likeness (QED) is 0.540. The van der Waals surface area contributed by atoms with Gasteiger partial charge in [-0.05, 0) is 13.8 Å². The predicted molar refractivity (Wildman–Crippen MR) is 35.3 cm³/mol. The van der Waals surface area contributed by atoms with E-state index in [0.29, 0.717) is 0 Å². The molecule has 0 amide bonds. The van der Waals surface area contributed by atoms with Crippen LogP contribution in [0.2, 0.25) is 0 Å². The van der Waals surface area contributed by atoms with Crippen LogP contribution in [-0.4, -0.2) is 18.7 Å². The molecule has 0 saturated carbocycles. The van der Waals surface area contributed by atoms with E-state index in [2.05, 4.69) is 9.47 Å². The number of ether oxygens (including phenoxy) is 2. The lowest BCUT2D eigenvalue weighted by Crippen LogP contribution is -2.23. The molecule has 0 fully saturated rings. The first kappa shape index (κ1) is 8.04. The molecule has 0 aromatic heterocycles. The molecular weight excluding hydrogens is 151 g/mol. The van der Waals surface area contributed by atoms with Crippen LogP contribution in [0.3, 0.4) is 0 Å². The molecule has 0 aromatic carbocycles. The summed E-state index contributed by atoms with van der Waals surface area (Å²) in [4.78, 5) is 10.6. The molecule has 1 aliphatic rings. The zero-order chi connectivity index (χ0) is 8.65. The molecule has 0 aliphatic carbocycles. The monoisotopic (exact) mass is 160 g/mol. The highest BCUT2D eigenvalue weighted by atomic mass is 19.1. The second-order valence-corrected chi connectivity index (χ2v) is 2.75. The fourth-order valence-electron chi connectivity index (χ4n) is 1.02. The number of esters is 1. The summed E-state index contributed by atoms with van der Waals surface area (Å²) in [6, 6.07) is 0. The Kier molecular flexibility index (Phi) is 1.62. The number of hydrogen-bond acceptors (Lipinski definition) is 3. The highest BCUT2D eigenvalue weighted by Crippen LogP contribution is 2.32. The second-order valence-electron chi connectivity index (χ2n) is 2.75. The van der Waals surface area contributed by atoms with Gasteiger partial charge in [0, 0.05) is 0 Å². The number of carbonyl (C=O) groups is 1. The van der Waals surface area contributed by atoms with Gasteiger partial charge in [0.15, 0.2) is 11.4 Å². The Hall–Kier alpha value is -1.06. The van der Waals surface area contributed by atoms with Crippen molar-refractivity contribution in [2.24, 2.45) is 0 Å². The number of carbonyl (C=O) groups excluding carboxylic acids is 1. The second kappa shape index (κ2) is 2.22. The summed E-state index contributed by atoms with van der Waals surface area (Å²) in [7, 11) is 1.30. The molecule has 1 rings (SSSR count). The van der Waals surface area contributed by atoms with Crippen molar-refractivity contribution in [3.8, 4) is 0 Å². The van der Waals surface area contributed by atoms with Crippen molar-refractivity contribution in [2.75, 3.05) is 7.11 Å². The molecule has 62 valence electrons. The molecule has 1 heterocycles. The fourth-order valence-corrected chi connectivity index (χ4v) is 1.02. The van der Waals surface area contributed by atoms with Crippen molar-refractivity contribution in [1.82, 2.24) is 0 Å². The highest BCUT2D eigenvalue weighted by molar-refractivity contribution is 5.89. The summed E-state index contributed by atoms with van der Waals surface area (Å²) in [5, 5.41) is 0. The molecule has 0 radical (unpaired) electrons. The van der Waals surface area contributed by atoms with E-state index in [4.69, 9.17) is 0 Å². The maximum absolute atomic E-state index is 12.8. The number of hydrogen-bond donors (Lipinski definition) is 0. The minimum absolute atomic E-state index is 0.0394. The lowest BCUT2D eigenvalue weighted by Gasteiger charge is -2.18. The van der Waals surface area contributed by atoms with E-state index in [1.54, 1.807) is 13.8 Å². The standard InChI is InChI=1S/C7H9FO3/c1-7(2)5(10-3)4(8)6(9)11-7/h1-3H3. The predicted octanol–water partition coefficient (Wildman–Crippen LogP) is 1.15. The third kappa shape index (κ3) is 1.08. The van der Waals surface area contributed by atoms with Gasteiger partial charge in [-0.25, -0.2) is 4.79 Å². The molecule has 0 bridgehead atoms. The topological polar surface area (TPSA) is 35.5 Å². The van der Waals surface area contributed by atoms with Gasteiger partial charge in [0.2, 0.25) is 5.83 Å². The molecule has 0 aromatic rings. The molecule has 11 heavy (non-hydrogen) atoms. The number of rotatable bonds is 1. The average Bonchev–Trinajstić information content (AvgIpc) is 2.03. The fraction of sp³-hybridized carbons (Fsp3) is 0.571. The van der Waals surface area contributed by atoms with Crippen molar-refractivity contribution < 1.29 is 18.7 Å². The Bertz CT molecular complexity index is 230. The Morgan fingerprint density at radius 2 is 2.09 bits per heavy atom. The Morgan fingerprint density at radius 1 is 1.55 bits per heavy atom. The molecule has 1 aliphatic heterocycles. The zero-order valence-electron chi connectivity index (χ0n) is 6.60. The third-order valence-electron chi connectivity index (χ3n) is 1.48. The minimum Gasteiger partial charge on any atom is -0.494 e. The van der Waals surface area contributed by atoms with Crippen LogP contribution < -0.4 is 0 Å². The van der Waals surface area contributed by atoms with Crippen LogP contribution in [0.25, 0.3) is 0 Å². The van der Waals surface area contributed by atoms with Crippen LogP contribution in [0.1, 0.15) is 13.8 Å². The first-order valence-corrected chi connectivity index (χ1v) is 3.16. The molecule has 4 heteroatoms. The smallest absolute Gasteiger partial charge is 0.371 e. The van der Waals surface area contributed by atoms with E-state index >= 15 is 0 Å². The van der Waals surface area contributed by atoms with Gasteiger partial charge < -0.3 is 9.47 Å². The van der Waals surface area contributed by atoms with Crippen LogP contribution in [0.15, 0.2) is 11.6 Å². The summed E-state index contributed by atoms with van der Waals surface area (Å²) in [5.74, 6) is -1.92. The van der Waals surface area contributed by atoms with E-state index in [1.165, 1.54) is 7.11 Å².